The molecule has 0 aromatic rings. The molecule has 1 aliphatic heterocycles. The van der Waals surface area contributed by atoms with Crippen molar-refractivity contribution in [3.8, 4) is 0 Å². The fraction of sp³-hybridized carbons (Fsp3) is 0.846. The highest BCUT2D eigenvalue weighted by Crippen LogP contribution is 2.29. The molecular weight excluding hydrogens is 218 g/mol. The number of nitrogens with zero attached hydrogens (tertiary/aromatic N) is 1. The molecular formula is C13H23NO3. The normalized spacial score (nSPS) is 27.9. The minimum Gasteiger partial charge on any atom is -0.481 e. The first kappa shape index (κ1) is 14.0. The molecule has 1 aliphatic rings. The summed E-state index contributed by atoms with van der Waals surface area (Å²) in [5.41, 5.74) is 0. The standard InChI is InChI=1S/C13H23NO3/c1-5-11-7-6-8(2)14(11)12(15)9(3)10(4)13(16)17/h8-11H,5-7H2,1-4H3,(H,16,17). The Morgan fingerprint density at radius 2 is 1.88 bits per heavy atom. The number of hydrogen-bond donors (Lipinski definition) is 1. The molecule has 4 nitrogen and oxygen atoms in total. The number of likely N-dealkylation sites (tertiary alicyclic amines) is 1. The van der Waals surface area contributed by atoms with E-state index in [0.29, 0.717) is 6.04 Å². The summed E-state index contributed by atoms with van der Waals surface area (Å²) in [5, 5.41) is 8.96. The highest BCUT2D eigenvalue weighted by atomic mass is 16.4. The molecule has 4 heteroatoms. The van der Waals surface area contributed by atoms with Crippen molar-refractivity contribution >= 4 is 11.9 Å². The lowest BCUT2D eigenvalue weighted by molar-refractivity contribution is -0.150. The van der Waals surface area contributed by atoms with Crippen LogP contribution in [0.4, 0.5) is 0 Å². The molecule has 0 radical (unpaired) electrons. The molecule has 1 rings (SSSR count). The van der Waals surface area contributed by atoms with Gasteiger partial charge in [0.1, 0.15) is 0 Å². The van der Waals surface area contributed by atoms with Crippen LogP contribution in [0.2, 0.25) is 0 Å². The minimum absolute atomic E-state index is 0.00301. The SMILES string of the molecule is CCC1CCC(C)N1C(=O)C(C)C(C)C(=O)O. The maximum atomic E-state index is 12.3. The van der Waals surface area contributed by atoms with Gasteiger partial charge >= 0.3 is 5.97 Å². The van der Waals surface area contributed by atoms with E-state index < -0.39 is 17.8 Å². The Morgan fingerprint density at radius 1 is 1.29 bits per heavy atom. The second-order valence-corrected chi connectivity index (χ2v) is 5.15. The van der Waals surface area contributed by atoms with Gasteiger partial charge in [-0.15, -0.1) is 0 Å². The van der Waals surface area contributed by atoms with Crippen LogP contribution in [0.3, 0.4) is 0 Å². The molecule has 4 atom stereocenters. The molecule has 0 saturated carbocycles. The molecule has 98 valence electrons. The van der Waals surface area contributed by atoms with Crippen molar-refractivity contribution in [2.24, 2.45) is 11.8 Å². The first-order valence-corrected chi connectivity index (χ1v) is 6.45. The van der Waals surface area contributed by atoms with E-state index in [2.05, 4.69) is 6.92 Å². The van der Waals surface area contributed by atoms with E-state index in [1.54, 1.807) is 13.8 Å². The van der Waals surface area contributed by atoms with Gasteiger partial charge in [0.15, 0.2) is 0 Å². The van der Waals surface area contributed by atoms with Crippen LogP contribution in [-0.4, -0.2) is 34.0 Å². The van der Waals surface area contributed by atoms with Crippen LogP contribution in [0.1, 0.15) is 47.0 Å². The number of hydrogen-bond acceptors (Lipinski definition) is 2. The molecule has 1 fully saturated rings. The monoisotopic (exact) mass is 241 g/mol. The summed E-state index contributed by atoms with van der Waals surface area (Å²) in [6.45, 7) is 7.45. The van der Waals surface area contributed by atoms with Crippen molar-refractivity contribution in [2.75, 3.05) is 0 Å². The fourth-order valence-electron chi connectivity index (χ4n) is 2.53. The van der Waals surface area contributed by atoms with E-state index >= 15 is 0 Å². The lowest BCUT2D eigenvalue weighted by Crippen LogP contribution is -2.45. The van der Waals surface area contributed by atoms with Crippen molar-refractivity contribution in [1.29, 1.82) is 0 Å². The summed E-state index contributed by atoms with van der Waals surface area (Å²) in [6, 6.07) is 0.539. The predicted molar refractivity (Wildman–Crippen MR) is 65.6 cm³/mol. The Labute approximate surface area is 103 Å². The Balaban J connectivity index is 2.77. The molecule has 0 aromatic heterocycles. The van der Waals surface area contributed by atoms with Crippen molar-refractivity contribution in [1.82, 2.24) is 4.90 Å². The van der Waals surface area contributed by atoms with Crippen LogP contribution in [0, 0.1) is 11.8 Å². The number of aliphatic carboxylic acids is 1. The van der Waals surface area contributed by atoms with Crippen molar-refractivity contribution in [2.45, 2.75) is 59.0 Å². The van der Waals surface area contributed by atoms with Gasteiger partial charge in [0.05, 0.1) is 5.92 Å². The first-order valence-electron chi connectivity index (χ1n) is 6.45. The summed E-state index contributed by atoms with van der Waals surface area (Å²) in [6.07, 6.45) is 3.01. The highest BCUT2D eigenvalue weighted by Gasteiger charge is 2.37. The van der Waals surface area contributed by atoms with Crippen LogP contribution in [0.25, 0.3) is 0 Å². The molecule has 0 spiro atoms. The second kappa shape index (κ2) is 5.52. The molecule has 0 aliphatic carbocycles. The van der Waals surface area contributed by atoms with Gasteiger partial charge in [-0.3, -0.25) is 9.59 Å². The highest BCUT2D eigenvalue weighted by molar-refractivity contribution is 5.84. The lowest BCUT2D eigenvalue weighted by Gasteiger charge is -2.31. The first-order chi connectivity index (χ1) is 7.90. The fourth-order valence-corrected chi connectivity index (χ4v) is 2.53. The van der Waals surface area contributed by atoms with Gasteiger partial charge in [-0.2, -0.15) is 0 Å². The van der Waals surface area contributed by atoms with Crippen molar-refractivity contribution < 1.29 is 14.7 Å². The molecule has 1 saturated heterocycles. The van der Waals surface area contributed by atoms with Gasteiger partial charge < -0.3 is 10.0 Å². The van der Waals surface area contributed by atoms with E-state index in [-0.39, 0.29) is 11.9 Å². The molecule has 0 aromatic carbocycles. The smallest absolute Gasteiger partial charge is 0.307 e. The van der Waals surface area contributed by atoms with Crippen molar-refractivity contribution in [3.63, 3.8) is 0 Å². The van der Waals surface area contributed by atoms with E-state index in [1.807, 2.05) is 11.8 Å². The van der Waals surface area contributed by atoms with E-state index in [0.717, 1.165) is 19.3 Å². The van der Waals surface area contributed by atoms with E-state index in [1.165, 1.54) is 0 Å². The van der Waals surface area contributed by atoms with Crippen LogP contribution in [0.5, 0.6) is 0 Å². The Morgan fingerprint density at radius 3 is 2.35 bits per heavy atom. The quantitative estimate of drug-likeness (QED) is 0.820. The molecule has 0 bridgehead atoms. The van der Waals surface area contributed by atoms with Gasteiger partial charge in [0.2, 0.25) is 5.91 Å². The van der Waals surface area contributed by atoms with Crippen LogP contribution in [-0.2, 0) is 9.59 Å². The van der Waals surface area contributed by atoms with Gasteiger partial charge in [-0.1, -0.05) is 20.8 Å². The zero-order valence-corrected chi connectivity index (χ0v) is 11.1. The zero-order chi connectivity index (χ0) is 13.2. The average Bonchev–Trinajstić information content (AvgIpc) is 2.67. The maximum absolute atomic E-state index is 12.3. The van der Waals surface area contributed by atoms with E-state index in [9.17, 15) is 9.59 Å². The summed E-state index contributed by atoms with van der Waals surface area (Å²) in [7, 11) is 0. The molecule has 4 unspecified atom stereocenters. The second-order valence-electron chi connectivity index (χ2n) is 5.15. The maximum Gasteiger partial charge on any atom is 0.307 e. The third-order valence-corrected chi connectivity index (χ3v) is 4.04. The Bertz CT molecular complexity index is 303. The van der Waals surface area contributed by atoms with Gasteiger partial charge in [-0.25, -0.2) is 0 Å². The van der Waals surface area contributed by atoms with Gasteiger partial charge in [0.25, 0.3) is 0 Å². The summed E-state index contributed by atoms with van der Waals surface area (Å²) < 4.78 is 0. The van der Waals surface area contributed by atoms with Gasteiger partial charge in [0, 0.05) is 18.0 Å². The largest absolute Gasteiger partial charge is 0.481 e. The molecule has 17 heavy (non-hydrogen) atoms. The summed E-state index contributed by atoms with van der Waals surface area (Å²) >= 11 is 0. The minimum atomic E-state index is -0.897. The number of rotatable bonds is 4. The van der Waals surface area contributed by atoms with Crippen molar-refractivity contribution in [3.05, 3.63) is 0 Å². The molecule has 1 amide bonds. The number of carbonyl (C=O) groups excluding carboxylic acids is 1. The third-order valence-electron chi connectivity index (χ3n) is 4.04. The van der Waals surface area contributed by atoms with Gasteiger partial charge in [-0.05, 0) is 26.2 Å². The van der Waals surface area contributed by atoms with Crippen LogP contribution in [0.15, 0.2) is 0 Å². The summed E-state index contributed by atoms with van der Waals surface area (Å²) in [5.74, 6) is -1.96. The predicted octanol–water partition coefficient (Wildman–Crippen LogP) is 2.13. The van der Waals surface area contributed by atoms with E-state index in [4.69, 9.17) is 5.11 Å². The zero-order valence-electron chi connectivity index (χ0n) is 11.1. The number of carboxylic acids is 1. The Hall–Kier alpha value is -1.06. The van der Waals surface area contributed by atoms with Crippen LogP contribution < -0.4 is 0 Å². The Kier molecular flexibility index (Phi) is 4.54. The lowest BCUT2D eigenvalue weighted by atomic mass is 9.94. The number of carboxylic acid groups (broad SMARTS) is 1. The average molecular weight is 241 g/mol. The molecule has 1 N–H and O–H groups in total. The number of carbonyl (C=O) groups is 2. The third kappa shape index (κ3) is 2.79. The van der Waals surface area contributed by atoms with Crippen LogP contribution >= 0.6 is 0 Å². The molecule has 1 heterocycles. The number of amides is 1. The summed E-state index contributed by atoms with van der Waals surface area (Å²) in [4.78, 5) is 25.2. The topological polar surface area (TPSA) is 57.6 Å².